The zero-order chi connectivity index (χ0) is 12.4. The second kappa shape index (κ2) is 4.77. The maximum absolute atomic E-state index is 5.66. The molecule has 3 heterocycles. The Morgan fingerprint density at radius 1 is 1.39 bits per heavy atom. The molecule has 96 valence electrons. The van der Waals surface area contributed by atoms with Crippen LogP contribution in [0.2, 0.25) is 0 Å². The number of hydrogen-bond donors (Lipinski definition) is 3. The molecule has 2 aromatic heterocycles. The molecule has 1 saturated heterocycles. The van der Waals surface area contributed by atoms with Gasteiger partial charge in [0.05, 0.1) is 6.33 Å². The van der Waals surface area contributed by atoms with E-state index in [0.29, 0.717) is 11.6 Å². The molecule has 4 N–H and O–H groups in total. The van der Waals surface area contributed by atoms with Gasteiger partial charge in [0.25, 0.3) is 0 Å². The van der Waals surface area contributed by atoms with Crippen molar-refractivity contribution in [3.63, 3.8) is 0 Å². The van der Waals surface area contributed by atoms with Gasteiger partial charge in [0.2, 0.25) is 5.95 Å². The lowest BCUT2D eigenvalue weighted by Crippen LogP contribution is -2.23. The maximum Gasteiger partial charge on any atom is 0.224 e. The summed E-state index contributed by atoms with van der Waals surface area (Å²) in [5, 5.41) is 3.33. The van der Waals surface area contributed by atoms with Gasteiger partial charge < -0.3 is 20.8 Å². The third-order valence-corrected chi connectivity index (χ3v) is 3.20. The van der Waals surface area contributed by atoms with E-state index in [0.717, 1.165) is 43.9 Å². The van der Waals surface area contributed by atoms with Crippen LogP contribution in [0.25, 0.3) is 11.2 Å². The monoisotopic (exact) mass is 248 g/mol. The topological polar surface area (TPSA) is 102 Å². The van der Waals surface area contributed by atoms with Gasteiger partial charge in [0.15, 0.2) is 11.5 Å². The van der Waals surface area contributed by atoms with E-state index in [1.54, 1.807) is 6.33 Å². The standard InChI is InChI=1S/C11H16N6O/c12-11-16-9(8-10(17-11)15-6-14-8)13-5-7-1-3-18-4-2-7/h6-7H,1-5H2,(H4,12,13,14,15,16,17). The number of hydrogen-bond acceptors (Lipinski definition) is 6. The molecule has 18 heavy (non-hydrogen) atoms. The molecule has 7 heteroatoms. The van der Waals surface area contributed by atoms with E-state index in [9.17, 15) is 0 Å². The van der Waals surface area contributed by atoms with Crippen LogP contribution in [0.1, 0.15) is 12.8 Å². The van der Waals surface area contributed by atoms with E-state index in [-0.39, 0.29) is 5.95 Å². The number of nitrogens with zero attached hydrogens (tertiary/aromatic N) is 3. The predicted molar refractivity (Wildman–Crippen MR) is 68.1 cm³/mol. The molecule has 0 amide bonds. The fraction of sp³-hybridized carbons (Fsp3) is 0.545. The van der Waals surface area contributed by atoms with Crippen molar-refractivity contribution in [3.8, 4) is 0 Å². The number of imidazole rings is 1. The highest BCUT2D eigenvalue weighted by atomic mass is 16.5. The third-order valence-electron chi connectivity index (χ3n) is 3.20. The molecule has 0 unspecified atom stereocenters. The van der Waals surface area contributed by atoms with Crippen LogP contribution in [0.15, 0.2) is 6.33 Å². The number of aromatic nitrogens is 4. The first-order valence-electron chi connectivity index (χ1n) is 6.11. The summed E-state index contributed by atoms with van der Waals surface area (Å²) in [5.41, 5.74) is 7.05. The number of aromatic amines is 1. The van der Waals surface area contributed by atoms with Gasteiger partial charge in [0, 0.05) is 19.8 Å². The minimum Gasteiger partial charge on any atom is -0.381 e. The number of rotatable bonds is 3. The Labute approximate surface area is 104 Å². The summed E-state index contributed by atoms with van der Waals surface area (Å²) in [6.45, 7) is 2.56. The third kappa shape index (κ3) is 2.21. The summed E-state index contributed by atoms with van der Waals surface area (Å²) in [5.74, 6) is 1.58. The highest BCUT2D eigenvalue weighted by Crippen LogP contribution is 2.20. The van der Waals surface area contributed by atoms with E-state index in [1.807, 2.05) is 0 Å². The van der Waals surface area contributed by atoms with Crippen LogP contribution in [-0.2, 0) is 4.74 Å². The molecule has 0 radical (unpaired) electrons. The zero-order valence-corrected chi connectivity index (χ0v) is 10.0. The summed E-state index contributed by atoms with van der Waals surface area (Å²) in [6.07, 6.45) is 3.76. The van der Waals surface area contributed by atoms with Crippen molar-refractivity contribution in [2.45, 2.75) is 12.8 Å². The van der Waals surface area contributed by atoms with Crippen LogP contribution in [0, 0.1) is 5.92 Å². The minimum absolute atomic E-state index is 0.240. The minimum atomic E-state index is 0.240. The Bertz CT molecular complexity index is 533. The van der Waals surface area contributed by atoms with E-state index in [2.05, 4.69) is 25.3 Å². The van der Waals surface area contributed by atoms with Crippen LogP contribution < -0.4 is 11.1 Å². The fourth-order valence-electron chi connectivity index (χ4n) is 2.17. The molecular formula is C11H16N6O. The summed E-state index contributed by atoms with van der Waals surface area (Å²) < 4.78 is 5.34. The average Bonchev–Trinajstić information content (AvgIpc) is 2.85. The van der Waals surface area contributed by atoms with Crippen molar-refractivity contribution in [1.29, 1.82) is 0 Å². The summed E-state index contributed by atoms with van der Waals surface area (Å²) in [7, 11) is 0. The van der Waals surface area contributed by atoms with E-state index in [4.69, 9.17) is 10.5 Å². The van der Waals surface area contributed by atoms with Crippen LogP contribution in [0.4, 0.5) is 11.8 Å². The summed E-state index contributed by atoms with van der Waals surface area (Å²) in [6, 6.07) is 0. The number of nitrogens with two attached hydrogens (primary N) is 1. The van der Waals surface area contributed by atoms with Gasteiger partial charge in [-0.2, -0.15) is 9.97 Å². The quantitative estimate of drug-likeness (QED) is 0.741. The number of fused-ring (bicyclic) bond motifs is 1. The molecular weight excluding hydrogens is 232 g/mol. The van der Waals surface area contributed by atoms with E-state index in [1.165, 1.54) is 0 Å². The molecule has 2 aromatic rings. The zero-order valence-electron chi connectivity index (χ0n) is 10.0. The second-order valence-electron chi connectivity index (χ2n) is 4.47. The van der Waals surface area contributed by atoms with Gasteiger partial charge in [-0.3, -0.25) is 0 Å². The Balaban J connectivity index is 1.75. The maximum atomic E-state index is 5.66. The van der Waals surface area contributed by atoms with E-state index < -0.39 is 0 Å². The predicted octanol–water partition coefficient (Wildman–Crippen LogP) is 0.774. The Morgan fingerprint density at radius 3 is 3.06 bits per heavy atom. The van der Waals surface area contributed by atoms with Gasteiger partial charge in [0.1, 0.15) is 5.52 Å². The summed E-state index contributed by atoms with van der Waals surface area (Å²) >= 11 is 0. The highest BCUT2D eigenvalue weighted by molar-refractivity contribution is 5.83. The molecule has 0 spiro atoms. The molecule has 0 aliphatic carbocycles. The van der Waals surface area contributed by atoms with Crippen molar-refractivity contribution in [2.24, 2.45) is 5.92 Å². The molecule has 0 aromatic carbocycles. The first-order valence-corrected chi connectivity index (χ1v) is 6.11. The Kier molecular flexibility index (Phi) is 2.97. The lowest BCUT2D eigenvalue weighted by atomic mass is 10.0. The number of anilines is 2. The first-order chi connectivity index (χ1) is 8.83. The van der Waals surface area contributed by atoms with Crippen molar-refractivity contribution < 1.29 is 4.74 Å². The van der Waals surface area contributed by atoms with Crippen LogP contribution >= 0.6 is 0 Å². The second-order valence-corrected chi connectivity index (χ2v) is 4.47. The Morgan fingerprint density at radius 2 is 2.22 bits per heavy atom. The smallest absolute Gasteiger partial charge is 0.224 e. The van der Waals surface area contributed by atoms with Crippen molar-refractivity contribution in [1.82, 2.24) is 19.9 Å². The van der Waals surface area contributed by atoms with Crippen molar-refractivity contribution in [2.75, 3.05) is 30.8 Å². The van der Waals surface area contributed by atoms with Gasteiger partial charge in [-0.15, -0.1) is 0 Å². The molecule has 1 fully saturated rings. The average molecular weight is 248 g/mol. The molecule has 7 nitrogen and oxygen atoms in total. The molecule has 0 atom stereocenters. The highest BCUT2D eigenvalue weighted by Gasteiger charge is 2.15. The number of nitrogen functional groups attached to an aromatic ring is 1. The van der Waals surface area contributed by atoms with Crippen molar-refractivity contribution >= 4 is 22.9 Å². The lowest BCUT2D eigenvalue weighted by Gasteiger charge is -2.22. The normalized spacial score (nSPS) is 17.1. The fourth-order valence-corrected chi connectivity index (χ4v) is 2.17. The van der Waals surface area contributed by atoms with Crippen molar-refractivity contribution in [3.05, 3.63) is 6.33 Å². The van der Waals surface area contributed by atoms with Crippen LogP contribution in [0.3, 0.4) is 0 Å². The van der Waals surface area contributed by atoms with E-state index >= 15 is 0 Å². The van der Waals surface area contributed by atoms with Gasteiger partial charge in [-0.1, -0.05) is 0 Å². The lowest BCUT2D eigenvalue weighted by molar-refractivity contribution is 0.0699. The molecule has 1 aliphatic rings. The van der Waals surface area contributed by atoms with Gasteiger partial charge >= 0.3 is 0 Å². The molecule has 1 aliphatic heterocycles. The molecule has 0 saturated carbocycles. The number of nitrogens with one attached hydrogen (secondary N) is 2. The first kappa shape index (κ1) is 11.2. The number of ether oxygens (including phenoxy) is 1. The molecule has 0 bridgehead atoms. The van der Waals surface area contributed by atoms with Gasteiger partial charge in [-0.05, 0) is 18.8 Å². The number of H-pyrrole nitrogens is 1. The SMILES string of the molecule is Nc1nc(NCC2CCOCC2)c2[nH]cnc2n1. The largest absolute Gasteiger partial charge is 0.381 e. The molecule has 3 rings (SSSR count). The van der Waals surface area contributed by atoms with Crippen LogP contribution in [-0.4, -0.2) is 39.7 Å². The van der Waals surface area contributed by atoms with Crippen LogP contribution in [0.5, 0.6) is 0 Å². The van der Waals surface area contributed by atoms with Gasteiger partial charge in [-0.25, -0.2) is 4.98 Å². The Hall–Kier alpha value is -1.89. The summed E-state index contributed by atoms with van der Waals surface area (Å²) in [4.78, 5) is 15.4.